The summed E-state index contributed by atoms with van der Waals surface area (Å²) in [5.74, 6) is -1.26. The Labute approximate surface area is 90.7 Å². The standard InChI is InChI=1S/C10H20N2O3/c1-8(13)11-9(10(14)15)6-5-7-12(2,3)4/h9H,5-7H2,1-4H3,(H-,11,13,14,15)/p+1. The summed E-state index contributed by atoms with van der Waals surface area (Å²) in [4.78, 5) is 21.5. The van der Waals surface area contributed by atoms with Crippen molar-refractivity contribution in [3.8, 4) is 0 Å². The number of quaternary nitrogens is 1. The molecule has 0 bridgehead atoms. The first kappa shape index (κ1) is 13.9. The number of amides is 1. The fourth-order valence-corrected chi connectivity index (χ4v) is 1.27. The van der Waals surface area contributed by atoms with Gasteiger partial charge in [-0.15, -0.1) is 0 Å². The molecule has 0 fully saturated rings. The molecule has 0 heterocycles. The Morgan fingerprint density at radius 3 is 2.20 bits per heavy atom. The summed E-state index contributed by atoms with van der Waals surface area (Å²) >= 11 is 0. The van der Waals surface area contributed by atoms with Gasteiger partial charge in [-0.25, -0.2) is 4.79 Å². The van der Waals surface area contributed by atoms with Crippen LogP contribution in [-0.2, 0) is 9.59 Å². The molecule has 0 spiro atoms. The minimum atomic E-state index is -0.966. The van der Waals surface area contributed by atoms with E-state index in [4.69, 9.17) is 5.11 Å². The molecule has 0 aromatic heterocycles. The van der Waals surface area contributed by atoms with Crippen molar-refractivity contribution in [2.75, 3.05) is 27.7 Å². The molecular weight excluding hydrogens is 196 g/mol. The molecule has 0 saturated heterocycles. The van der Waals surface area contributed by atoms with Crippen LogP contribution in [0.3, 0.4) is 0 Å². The lowest BCUT2D eigenvalue weighted by molar-refractivity contribution is -0.870. The van der Waals surface area contributed by atoms with Crippen molar-refractivity contribution >= 4 is 11.9 Å². The Kier molecular flexibility index (Phi) is 5.28. The largest absolute Gasteiger partial charge is 0.480 e. The van der Waals surface area contributed by atoms with E-state index < -0.39 is 12.0 Å². The minimum absolute atomic E-state index is 0.298. The van der Waals surface area contributed by atoms with Gasteiger partial charge in [-0.1, -0.05) is 0 Å². The number of nitrogens with one attached hydrogen (secondary N) is 1. The molecule has 1 unspecified atom stereocenters. The van der Waals surface area contributed by atoms with E-state index in [2.05, 4.69) is 5.32 Å². The zero-order valence-corrected chi connectivity index (χ0v) is 9.91. The first-order chi connectivity index (χ1) is 6.72. The normalized spacial score (nSPS) is 13.3. The molecular formula is C10H21N2O3+. The molecule has 0 aromatic carbocycles. The van der Waals surface area contributed by atoms with Crippen molar-refractivity contribution in [2.45, 2.75) is 25.8 Å². The third kappa shape index (κ3) is 7.93. The van der Waals surface area contributed by atoms with E-state index >= 15 is 0 Å². The number of rotatable bonds is 6. The summed E-state index contributed by atoms with van der Waals surface area (Å²) in [6, 6.07) is -0.756. The summed E-state index contributed by atoms with van der Waals surface area (Å²) in [6.07, 6.45) is 1.26. The molecule has 0 aliphatic carbocycles. The van der Waals surface area contributed by atoms with Gasteiger partial charge in [-0.2, -0.15) is 0 Å². The van der Waals surface area contributed by atoms with Gasteiger partial charge in [0.1, 0.15) is 6.04 Å². The van der Waals surface area contributed by atoms with E-state index in [0.717, 1.165) is 17.4 Å². The summed E-state index contributed by atoms with van der Waals surface area (Å²) in [6.45, 7) is 2.22. The second kappa shape index (κ2) is 5.70. The van der Waals surface area contributed by atoms with Crippen molar-refractivity contribution in [3.05, 3.63) is 0 Å². The highest BCUT2D eigenvalue weighted by molar-refractivity contribution is 5.81. The fraction of sp³-hybridized carbons (Fsp3) is 0.800. The SMILES string of the molecule is CC(=O)NC(CCC[N+](C)(C)C)C(=O)O. The number of carboxylic acid groups (broad SMARTS) is 1. The van der Waals surface area contributed by atoms with Crippen molar-refractivity contribution in [2.24, 2.45) is 0 Å². The van der Waals surface area contributed by atoms with Crippen LogP contribution in [0, 0.1) is 0 Å². The van der Waals surface area contributed by atoms with E-state index in [1.165, 1.54) is 6.92 Å². The van der Waals surface area contributed by atoms with Gasteiger partial charge in [0.15, 0.2) is 0 Å². The molecule has 0 aliphatic rings. The molecule has 0 aromatic rings. The maximum absolute atomic E-state index is 10.8. The van der Waals surface area contributed by atoms with E-state index in [9.17, 15) is 9.59 Å². The van der Waals surface area contributed by atoms with Crippen LogP contribution in [-0.4, -0.2) is 55.2 Å². The van der Waals surface area contributed by atoms with Gasteiger partial charge < -0.3 is 14.9 Å². The lowest BCUT2D eigenvalue weighted by Crippen LogP contribution is -2.41. The van der Waals surface area contributed by atoms with Crippen LogP contribution >= 0.6 is 0 Å². The van der Waals surface area contributed by atoms with Gasteiger partial charge in [0.25, 0.3) is 0 Å². The first-order valence-electron chi connectivity index (χ1n) is 5.03. The minimum Gasteiger partial charge on any atom is -0.480 e. The maximum Gasteiger partial charge on any atom is 0.326 e. The zero-order chi connectivity index (χ0) is 12.1. The average Bonchev–Trinajstić information content (AvgIpc) is 1.99. The predicted molar refractivity (Wildman–Crippen MR) is 57.4 cm³/mol. The first-order valence-corrected chi connectivity index (χ1v) is 5.03. The number of hydrogen-bond donors (Lipinski definition) is 2. The smallest absolute Gasteiger partial charge is 0.326 e. The molecule has 0 rings (SSSR count). The average molecular weight is 217 g/mol. The van der Waals surface area contributed by atoms with Crippen LogP contribution in [0.2, 0.25) is 0 Å². The van der Waals surface area contributed by atoms with Gasteiger partial charge >= 0.3 is 5.97 Å². The molecule has 0 saturated carbocycles. The van der Waals surface area contributed by atoms with Crippen LogP contribution in [0.25, 0.3) is 0 Å². The van der Waals surface area contributed by atoms with Crippen molar-refractivity contribution < 1.29 is 19.2 Å². The molecule has 1 amide bonds. The number of hydrogen-bond acceptors (Lipinski definition) is 2. The quantitative estimate of drug-likeness (QED) is 0.618. The summed E-state index contributed by atoms with van der Waals surface area (Å²) in [7, 11) is 6.15. The van der Waals surface area contributed by atoms with Crippen LogP contribution in [0.15, 0.2) is 0 Å². The molecule has 88 valence electrons. The lowest BCUT2D eigenvalue weighted by atomic mass is 10.1. The Hall–Kier alpha value is -1.10. The van der Waals surface area contributed by atoms with E-state index in [1.54, 1.807) is 0 Å². The second-order valence-corrected chi connectivity index (χ2v) is 4.75. The predicted octanol–water partition coefficient (Wildman–Crippen LogP) is 0.0621. The number of carbonyl (C=O) groups is 2. The number of nitrogens with zero attached hydrogens (tertiary/aromatic N) is 1. The van der Waals surface area contributed by atoms with Crippen LogP contribution in [0.4, 0.5) is 0 Å². The van der Waals surface area contributed by atoms with Gasteiger partial charge in [0, 0.05) is 6.92 Å². The number of carboxylic acids is 1. The van der Waals surface area contributed by atoms with Gasteiger partial charge in [0.05, 0.1) is 27.7 Å². The maximum atomic E-state index is 10.8. The highest BCUT2D eigenvalue weighted by Crippen LogP contribution is 2.02. The van der Waals surface area contributed by atoms with Crippen molar-refractivity contribution in [1.82, 2.24) is 5.32 Å². The number of aliphatic carboxylic acids is 1. The highest BCUT2D eigenvalue weighted by atomic mass is 16.4. The highest BCUT2D eigenvalue weighted by Gasteiger charge is 2.19. The molecule has 0 aliphatic heterocycles. The number of carbonyl (C=O) groups excluding carboxylic acids is 1. The topological polar surface area (TPSA) is 66.4 Å². The Balaban J connectivity index is 3.98. The molecule has 15 heavy (non-hydrogen) atoms. The van der Waals surface area contributed by atoms with Crippen molar-refractivity contribution in [3.63, 3.8) is 0 Å². The monoisotopic (exact) mass is 217 g/mol. The molecule has 5 nitrogen and oxygen atoms in total. The third-order valence-corrected chi connectivity index (χ3v) is 2.00. The summed E-state index contributed by atoms with van der Waals surface area (Å²) in [5, 5.41) is 11.3. The molecule has 0 radical (unpaired) electrons. The molecule has 1 atom stereocenters. The fourth-order valence-electron chi connectivity index (χ4n) is 1.27. The lowest BCUT2D eigenvalue weighted by Gasteiger charge is -2.24. The summed E-state index contributed by atoms with van der Waals surface area (Å²) < 4.78 is 0.798. The molecule has 5 heteroatoms. The van der Waals surface area contributed by atoms with E-state index in [-0.39, 0.29) is 5.91 Å². The van der Waals surface area contributed by atoms with Crippen molar-refractivity contribution in [1.29, 1.82) is 0 Å². The van der Waals surface area contributed by atoms with Gasteiger partial charge in [-0.3, -0.25) is 4.79 Å². The van der Waals surface area contributed by atoms with E-state index in [1.807, 2.05) is 21.1 Å². The second-order valence-electron chi connectivity index (χ2n) is 4.75. The van der Waals surface area contributed by atoms with Crippen LogP contribution < -0.4 is 5.32 Å². The Bertz CT molecular complexity index is 233. The van der Waals surface area contributed by atoms with Gasteiger partial charge in [-0.05, 0) is 12.8 Å². The van der Waals surface area contributed by atoms with Crippen LogP contribution in [0.1, 0.15) is 19.8 Å². The van der Waals surface area contributed by atoms with Crippen LogP contribution in [0.5, 0.6) is 0 Å². The zero-order valence-electron chi connectivity index (χ0n) is 9.91. The third-order valence-electron chi connectivity index (χ3n) is 2.00. The van der Waals surface area contributed by atoms with Gasteiger partial charge in [0.2, 0.25) is 5.91 Å². The molecule has 2 N–H and O–H groups in total. The summed E-state index contributed by atoms with van der Waals surface area (Å²) in [5.41, 5.74) is 0. The Morgan fingerprint density at radius 1 is 1.33 bits per heavy atom. The Morgan fingerprint density at radius 2 is 1.87 bits per heavy atom. The van der Waals surface area contributed by atoms with E-state index in [0.29, 0.717) is 6.42 Å².